The van der Waals surface area contributed by atoms with Gasteiger partial charge in [0.2, 0.25) is 0 Å². The van der Waals surface area contributed by atoms with Gasteiger partial charge in [-0.15, -0.1) is 0 Å². The van der Waals surface area contributed by atoms with Gasteiger partial charge >= 0.3 is 0 Å². The number of amides is 2. The Morgan fingerprint density at radius 2 is 1.90 bits per heavy atom. The van der Waals surface area contributed by atoms with Crippen LogP contribution < -0.4 is 5.32 Å². The Balaban J connectivity index is 1.79. The lowest BCUT2D eigenvalue weighted by Gasteiger charge is -2.06. The summed E-state index contributed by atoms with van der Waals surface area (Å²) < 4.78 is 3.68. The zero-order chi connectivity index (χ0) is 20.0. The SMILES string of the molecule is O=C1NC(=O)C(n2ccc3cccnc32)=C1c1cn(CCCO)c2ccccc12. The molecule has 2 N–H and O–H groups in total. The Morgan fingerprint density at radius 3 is 2.76 bits per heavy atom. The number of imide groups is 1. The quantitative estimate of drug-likeness (QED) is 0.516. The molecule has 0 saturated carbocycles. The molecular formula is C22H18N4O3. The molecule has 0 bridgehead atoms. The minimum atomic E-state index is -0.444. The highest BCUT2D eigenvalue weighted by atomic mass is 16.3. The van der Waals surface area contributed by atoms with Crippen molar-refractivity contribution in [1.29, 1.82) is 0 Å². The van der Waals surface area contributed by atoms with Crippen molar-refractivity contribution in [3.63, 3.8) is 0 Å². The number of aliphatic hydroxyl groups is 1. The van der Waals surface area contributed by atoms with E-state index in [0.717, 1.165) is 16.3 Å². The number of hydrogen-bond donors (Lipinski definition) is 2. The van der Waals surface area contributed by atoms with Crippen molar-refractivity contribution >= 4 is 45.0 Å². The fourth-order valence-corrected chi connectivity index (χ4v) is 3.94. The molecule has 0 unspecified atom stereocenters. The standard InChI is InChI=1S/C22H18N4O3/c27-12-4-10-25-13-16(15-6-1-2-7-17(15)25)18-19(22(29)24-21(18)28)26-11-8-14-5-3-9-23-20(14)26/h1-3,5-9,11,13,27H,4,10,12H2,(H,24,28,29). The lowest BCUT2D eigenvalue weighted by Crippen LogP contribution is -2.23. The van der Waals surface area contributed by atoms with Gasteiger partial charge in [0.05, 0.1) is 5.57 Å². The minimum absolute atomic E-state index is 0.0792. The normalized spacial score (nSPS) is 14.4. The Morgan fingerprint density at radius 1 is 1.03 bits per heavy atom. The molecule has 7 heteroatoms. The summed E-state index contributed by atoms with van der Waals surface area (Å²) >= 11 is 0. The van der Waals surface area contributed by atoms with Gasteiger partial charge in [-0.05, 0) is 30.7 Å². The van der Waals surface area contributed by atoms with Gasteiger partial charge in [0.25, 0.3) is 11.8 Å². The van der Waals surface area contributed by atoms with Crippen LogP contribution in [0.1, 0.15) is 12.0 Å². The summed E-state index contributed by atoms with van der Waals surface area (Å²) in [6, 6.07) is 13.4. The van der Waals surface area contributed by atoms with Crippen LogP contribution in [-0.4, -0.2) is 37.6 Å². The van der Waals surface area contributed by atoms with Gasteiger partial charge in [-0.3, -0.25) is 19.5 Å². The van der Waals surface area contributed by atoms with Gasteiger partial charge in [0, 0.05) is 53.6 Å². The van der Waals surface area contributed by atoms with Gasteiger partial charge in [0.15, 0.2) is 0 Å². The third-order valence-corrected chi connectivity index (χ3v) is 5.21. The number of aromatic nitrogens is 3. The number of nitrogens with zero attached hydrogens (tertiary/aromatic N) is 3. The first-order valence-electron chi connectivity index (χ1n) is 9.40. The number of nitrogens with one attached hydrogen (secondary N) is 1. The van der Waals surface area contributed by atoms with E-state index in [1.54, 1.807) is 17.0 Å². The first kappa shape index (κ1) is 17.4. The van der Waals surface area contributed by atoms with Crippen LogP contribution >= 0.6 is 0 Å². The maximum Gasteiger partial charge on any atom is 0.275 e. The van der Waals surface area contributed by atoms with E-state index in [9.17, 15) is 14.7 Å². The summed E-state index contributed by atoms with van der Waals surface area (Å²) in [7, 11) is 0. The second kappa shape index (κ2) is 6.72. The molecule has 0 aliphatic carbocycles. The number of hydrogen-bond acceptors (Lipinski definition) is 4. The van der Waals surface area contributed by atoms with Crippen molar-refractivity contribution in [2.75, 3.05) is 6.61 Å². The molecule has 29 heavy (non-hydrogen) atoms. The molecule has 4 aromatic rings. The molecule has 3 aromatic heterocycles. The summed E-state index contributed by atoms with van der Waals surface area (Å²) in [5, 5.41) is 13.4. The van der Waals surface area contributed by atoms with Crippen LogP contribution in [0.15, 0.2) is 61.1 Å². The van der Waals surface area contributed by atoms with E-state index in [0.29, 0.717) is 29.7 Å². The largest absolute Gasteiger partial charge is 0.396 e. The molecule has 1 aromatic carbocycles. The van der Waals surface area contributed by atoms with Crippen LogP contribution in [0.5, 0.6) is 0 Å². The number of carbonyl (C=O) groups excluding carboxylic acids is 2. The highest BCUT2D eigenvalue weighted by molar-refractivity contribution is 6.47. The number of para-hydroxylation sites is 1. The van der Waals surface area contributed by atoms with Gasteiger partial charge in [-0.2, -0.15) is 0 Å². The van der Waals surface area contributed by atoms with Crippen molar-refractivity contribution in [3.05, 3.63) is 66.6 Å². The lowest BCUT2D eigenvalue weighted by molar-refractivity contribution is -0.122. The summed E-state index contributed by atoms with van der Waals surface area (Å²) in [4.78, 5) is 30.0. The summed E-state index contributed by atoms with van der Waals surface area (Å²) in [5.74, 6) is -0.867. The summed E-state index contributed by atoms with van der Waals surface area (Å²) in [6.45, 7) is 0.693. The van der Waals surface area contributed by atoms with E-state index in [4.69, 9.17) is 0 Å². The van der Waals surface area contributed by atoms with Crippen LogP contribution in [0.2, 0.25) is 0 Å². The molecular weight excluding hydrogens is 368 g/mol. The third kappa shape index (κ3) is 2.67. The minimum Gasteiger partial charge on any atom is -0.396 e. The first-order chi connectivity index (χ1) is 14.2. The molecule has 1 aliphatic heterocycles. The Bertz CT molecular complexity index is 1310. The van der Waals surface area contributed by atoms with Crippen molar-refractivity contribution in [2.24, 2.45) is 0 Å². The molecule has 0 saturated heterocycles. The number of fused-ring (bicyclic) bond motifs is 2. The number of pyridine rings is 1. The number of carbonyl (C=O) groups is 2. The highest BCUT2D eigenvalue weighted by Crippen LogP contribution is 2.35. The van der Waals surface area contributed by atoms with Crippen LogP contribution in [0.25, 0.3) is 33.2 Å². The smallest absolute Gasteiger partial charge is 0.275 e. The topological polar surface area (TPSA) is 89.2 Å². The molecule has 0 radical (unpaired) electrons. The van der Waals surface area contributed by atoms with Gasteiger partial charge in [0.1, 0.15) is 11.3 Å². The van der Waals surface area contributed by atoms with Crippen LogP contribution in [-0.2, 0) is 16.1 Å². The fourth-order valence-electron chi connectivity index (χ4n) is 3.94. The van der Waals surface area contributed by atoms with E-state index in [-0.39, 0.29) is 12.3 Å². The van der Waals surface area contributed by atoms with Crippen molar-refractivity contribution in [1.82, 2.24) is 19.4 Å². The van der Waals surface area contributed by atoms with Crippen molar-refractivity contribution in [2.45, 2.75) is 13.0 Å². The van der Waals surface area contributed by atoms with E-state index in [2.05, 4.69) is 10.3 Å². The molecule has 1 aliphatic rings. The van der Waals surface area contributed by atoms with Crippen molar-refractivity contribution in [3.8, 4) is 0 Å². The van der Waals surface area contributed by atoms with E-state index in [1.165, 1.54) is 0 Å². The monoisotopic (exact) mass is 386 g/mol. The van der Waals surface area contributed by atoms with E-state index in [1.807, 2.05) is 53.2 Å². The van der Waals surface area contributed by atoms with Gasteiger partial charge in [-0.25, -0.2) is 4.98 Å². The molecule has 0 atom stereocenters. The zero-order valence-corrected chi connectivity index (χ0v) is 15.5. The van der Waals surface area contributed by atoms with Crippen LogP contribution in [0, 0.1) is 0 Å². The first-order valence-corrected chi connectivity index (χ1v) is 9.40. The molecule has 144 valence electrons. The second-order valence-electron chi connectivity index (χ2n) is 6.94. The molecule has 0 spiro atoms. The zero-order valence-electron chi connectivity index (χ0n) is 15.5. The Labute approximate surface area is 165 Å². The maximum atomic E-state index is 12.8. The predicted octanol–water partition coefficient (Wildman–Crippen LogP) is 2.40. The molecule has 2 amide bonds. The number of aryl methyl sites for hydroxylation is 1. The lowest BCUT2D eigenvalue weighted by atomic mass is 10.0. The molecule has 4 heterocycles. The number of rotatable bonds is 5. The van der Waals surface area contributed by atoms with E-state index >= 15 is 0 Å². The summed E-state index contributed by atoms with van der Waals surface area (Å²) in [6.07, 6.45) is 5.90. The highest BCUT2D eigenvalue weighted by Gasteiger charge is 2.34. The number of benzene rings is 1. The maximum absolute atomic E-state index is 12.8. The van der Waals surface area contributed by atoms with Gasteiger partial charge < -0.3 is 9.67 Å². The van der Waals surface area contributed by atoms with Crippen LogP contribution in [0.3, 0.4) is 0 Å². The average Bonchev–Trinajstić information content (AvgIpc) is 3.39. The third-order valence-electron chi connectivity index (χ3n) is 5.21. The summed E-state index contributed by atoms with van der Waals surface area (Å²) in [5.41, 5.74) is 2.86. The van der Waals surface area contributed by atoms with Crippen LogP contribution in [0.4, 0.5) is 0 Å². The Hall–Kier alpha value is -3.71. The average molecular weight is 386 g/mol. The van der Waals surface area contributed by atoms with Crippen molar-refractivity contribution < 1.29 is 14.7 Å². The van der Waals surface area contributed by atoms with Gasteiger partial charge in [-0.1, -0.05) is 18.2 Å². The number of aliphatic hydroxyl groups excluding tert-OH is 1. The van der Waals surface area contributed by atoms with E-state index < -0.39 is 11.8 Å². The Kier molecular flexibility index (Phi) is 4.03. The molecule has 0 fully saturated rings. The molecule has 5 rings (SSSR count). The second-order valence-corrected chi connectivity index (χ2v) is 6.94. The molecule has 7 nitrogen and oxygen atoms in total. The fraction of sp³-hybridized carbons (Fsp3) is 0.136. The predicted molar refractivity (Wildman–Crippen MR) is 110 cm³/mol.